The summed E-state index contributed by atoms with van der Waals surface area (Å²) in [6.07, 6.45) is 0. The molecule has 0 aliphatic heterocycles. The summed E-state index contributed by atoms with van der Waals surface area (Å²) in [5.74, 6) is 0. The van der Waals surface area contributed by atoms with Crippen LogP contribution in [0.2, 0.25) is 0 Å². The second-order valence-corrected chi connectivity index (χ2v) is 14.0. The second kappa shape index (κ2) is 8.56. The molecule has 0 amide bonds. The first-order chi connectivity index (χ1) is 21.5. The van der Waals surface area contributed by atoms with Gasteiger partial charge in [-0.2, -0.15) is 0 Å². The Labute approximate surface area is 260 Å². The van der Waals surface area contributed by atoms with Gasteiger partial charge in [0.2, 0.25) is 0 Å². The van der Waals surface area contributed by atoms with Crippen molar-refractivity contribution in [2.75, 3.05) is 0 Å². The van der Waals surface area contributed by atoms with Gasteiger partial charge in [-0.15, -0.1) is 11.3 Å². The first kappa shape index (κ1) is 24.5. The summed E-state index contributed by atoms with van der Waals surface area (Å²) in [5.41, 5.74) is 10.7. The molecule has 0 bridgehead atoms. The molecule has 0 nitrogen and oxygen atoms in total. The number of hydrogen-bond acceptors (Lipinski definition) is 1. The predicted molar refractivity (Wildman–Crippen MR) is 191 cm³/mol. The molecule has 0 fully saturated rings. The van der Waals surface area contributed by atoms with Gasteiger partial charge in [0.1, 0.15) is 0 Å². The Morgan fingerprint density at radius 2 is 1.00 bits per heavy atom. The monoisotopic (exact) mass is 576 g/mol. The Balaban J connectivity index is 1.14. The highest BCUT2D eigenvalue weighted by Crippen LogP contribution is 2.50. The topological polar surface area (TPSA) is 0 Å². The highest BCUT2D eigenvalue weighted by Gasteiger charge is 2.35. The van der Waals surface area contributed by atoms with Gasteiger partial charge in [0, 0.05) is 25.6 Å². The Hall–Kier alpha value is -4.98. The Kier molecular flexibility index (Phi) is 4.76. The Morgan fingerprint density at radius 3 is 1.82 bits per heavy atom. The zero-order valence-electron chi connectivity index (χ0n) is 24.6. The van der Waals surface area contributed by atoms with Crippen molar-refractivity contribution >= 4 is 63.8 Å². The van der Waals surface area contributed by atoms with Crippen molar-refractivity contribution in [1.29, 1.82) is 0 Å². The summed E-state index contributed by atoms with van der Waals surface area (Å²) >= 11 is 1.89. The third-order valence-electron chi connectivity index (χ3n) is 10.2. The van der Waals surface area contributed by atoms with Gasteiger partial charge in [0.15, 0.2) is 0 Å². The maximum absolute atomic E-state index is 2.43. The standard InChI is InChI=1S/C43H28S/c1-43(2)37-9-4-3-8-32(37)33-18-14-29(24-38(33)43)28-15-20-39-35(22-28)36-23-30(16-21-40(36)44-39)31-17-12-27-11-10-25-6-5-7-26-13-19-34(31)42(27)41(25)26/h3-24H,1-2H3. The van der Waals surface area contributed by atoms with Crippen molar-refractivity contribution in [3.63, 3.8) is 0 Å². The summed E-state index contributed by atoms with van der Waals surface area (Å²) in [4.78, 5) is 0. The lowest BCUT2D eigenvalue weighted by Crippen LogP contribution is -2.14. The molecule has 1 heteroatoms. The fourth-order valence-electron chi connectivity index (χ4n) is 8.00. The average Bonchev–Trinajstić information content (AvgIpc) is 3.54. The minimum absolute atomic E-state index is 0.00328. The molecule has 1 aliphatic carbocycles. The molecule has 0 N–H and O–H groups in total. The maximum atomic E-state index is 2.43. The fourth-order valence-corrected chi connectivity index (χ4v) is 9.06. The normalized spacial score (nSPS) is 13.9. The first-order valence-electron chi connectivity index (χ1n) is 15.4. The minimum Gasteiger partial charge on any atom is -0.135 e. The van der Waals surface area contributed by atoms with E-state index in [2.05, 4.69) is 147 Å². The smallest absolute Gasteiger partial charge is 0.0355 e. The van der Waals surface area contributed by atoms with Crippen LogP contribution in [0.3, 0.4) is 0 Å². The molecule has 8 aromatic carbocycles. The van der Waals surface area contributed by atoms with Gasteiger partial charge in [0.25, 0.3) is 0 Å². The number of benzene rings is 8. The minimum atomic E-state index is -0.00328. The predicted octanol–water partition coefficient (Wildman–Crippen LogP) is 12.6. The lowest BCUT2D eigenvalue weighted by atomic mass is 9.81. The molecule has 206 valence electrons. The Morgan fingerprint density at radius 1 is 0.409 bits per heavy atom. The summed E-state index contributed by atoms with van der Waals surface area (Å²) in [6, 6.07) is 50.4. The van der Waals surface area contributed by atoms with Crippen LogP contribution >= 0.6 is 11.3 Å². The van der Waals surface area contributed by atoms with Crippen molar-refractivity contribution in [1.82, 2.24) is 0 Å². The van der Waals surface area contributed by atoms with E-state index in [-0.39, 0.29) is 5.41 Å². The second-order valence-electron chi connectivity index (χ2n) is 12.9. The molecule has 0 saturated carbocycles. The maximum Gasteiger partial charge on any atom is 0.0355 e. The van der Waals surface area contributed by atoms with Crippen LogP contribution in [0.15, 0.2) is 133 Å². The summed E-state index contributed by atoms with van der Waals surface area (Å²) in [7, 11) is 0. The number of rotatable bonds is 2. The van der Waals surface area contributed by atoms with Crippen LogP contribution in [-0.4, -0.2) is 0 Å². The van der Waals surface area contributed by atoms with E-state index in [4.69, 9.17) is 0 Å². The highest BCUT2D eigenvalue weighted by molar-refractivity contribution is 7.25. The number of fused-ring (bicyclic) bond motifs is 6. The van der Waals surface area contributed by atoms with E-state index in [9.17, 15) is 0 Å². The van der Waals surface area contributed by atoms with Crippen LogP contribution in [0.25, 0.3) is 85.9 Å². The highest BCUT2D eigenvalue weighted by atomic mass is 32.1. The molecule has 0 unspecified atom stereocenters. The van der Waals surface area contributed by atoms with Gasteiger partial charge in [-0.1, -0.05) is 117 Å². The van der Waals surface area contributed by atoms with Crippen molar-refractivity contribution in [3.8, 4) is 33.4 Å². The molecule has 1 aromatic heterocycles. The van der Waals surface area contributed by atoms with Gasteiger partial charge in [-0.3, -0.25) is 0 Å². The van der Waals surface area contributed by atoms with Crippen molar-refractivity contribution < 1.29 is 0 Å². The van der Waals surface area contributed by atoms with E-state index in [1.165, 1.54) is 97.0 Å². The van der Waals surface area contributed by atoms with Crippen LogP contribution in [0, 0.1) is 0 Å². The molecule has 44 heavy (non-hydrogen) atoms. The van der Waals surface area contributed by atoms with E-state index < -0.39 is 0 Å². The first-order valence-corrected chi connectivity index (χ1v) is 16.2. The van der Waals surface area contributed by atoms with Crippen LogP contribution < -0.4 is 0 Å². The molecule has 9 aromatic rings. The number of thiophene rings is 1. The third-order valence-corrected chi connectivity index (χ3v) is 11.4. The molecule has 1 heterocycles. The van der Waals surface area contributed by atoms with E-state index in [0.29, 0.717) is 0 Å². The fraction of sp³-hybridized carbons (Fsp3) is 0.0698. The van der Waals surface area contributed by atoms with Gasteiger partial charge < -0.3 is 0 Å². The molecule has 0 atom stereocenters. The van der Waals surface area contributed by atoms with Crippen LogP contribution in [-0.2, 0) is 5.41 Å². The van der Waals surface area contributed by atoms with Crippen LogP contribution in [0.1, 0.15) is 25.0 Å². The lowest BCUT2D eigenvalue weighted by molar-refractivity contribution is 0.660. The third kappa shape index (κ3) is 3.23. The molecule has 0 spiro atoms. The zero-order valence-corrected chi connectivity index (χ0v) is 25.4. The van der Waals surface area contributed by atoms with E-state index in [0.717, 1.165) is 0 Å². The van der Waals surface area contributed by atoms with Gasteiger partial charge >= 0.3 is 0 Å². The Bertz CT molecular complexity index is 2610. The molecular weight excluding hydrogens is 549 g/mol. The van der Waals surface area contributed by atoms with Gasteiger partial charge in [0.05, 0.1) is 0 Å². The summed E-state index contributed by atoms with van der Waals surface area (Å²) in [6.45, 7) is 4.72. The van der Waals surface area contributed by atoms with Crippen LogP contribution in [0.5, 0.6) is 0 Å². The van der Waals surface area contributed by atoms with Gasteiger partial charge in [-0.05, 0) is 107 Å². The van der Waals surface area contributed by atoms with Crippen LogP contribution in [0.4, 0.5) is 0 Å². The quantitative estimate of drug-likeness (QED) is 0.180. The van der Waals surface area contributed by atoms with E-state index in [1.807, 2.05) is 11.3 Å². The number of hydrogen-bond donors (Lipinski definition) is 0. The van der Waals surface area contributed by atoms with Crippen molar-refractivity contribution in [3.05, 3.63) is 145 Å². The van der Waals surface area contributed by atoms with E-state index >= 15 is 0 Å². The molecular formula is C43H28S. The summed E-state index contributed by atoms with van der Waals surface area (Å²) in [5, 5.41) is 10.7. The molecule has 0 radical (unpaired) electrons. The molecule has 1 aliphatic rings. The lowest BCUT2D eigenvalue weighted by Gasteiger charge is -2.22. The average molecular weight is 577 g/mol. The zero-order chi connectivity index (χ0) is 29.2. The van der Waals surface area contributed by atoms with Gasteiger partial charge in [-0.25, -0.2) is 0 Å². The molecule has 10 rings (SSSR count). The molecule has 0 saturated heterocycles. The largest absolute Gasteiger partial charge is 0.135 e. The van der Waals surface area contributed by atoms with Crippen molar-refractivity contribution in [2.24, 2.45) is 0 Å². The summed E-state index contributed by atoms with van der Waals surface area (Å²) < 4.78 is 2.68. The van der Waals surface area contributed by atoms with Crippen molar-refractivity contribution in [2.45, 2.75) is 19.3 Å². The van der Waals surface area contributed by atoms with E-state index in [1.54, 1.807) is 0 Å². The SMILES string of the molecule is CC1(C)c2ccccc2-c2ccc(-c3ccc4sc5ccc(-c6ccc7ccc8cccc9ccc6c7c89)cc5c4c3)cc21.